The molecule has 1 saturated heterocycles. The van der Waals surface area contributed by atoms with E-state index in [1.165, 1.54) is 23.3 Å². The molecule has 27 heavy (non-hydrogen) atoms. The molecule has 6 nitrogen and oxygen atoms in total. The van der Waals surface area contributed by atoms with E-state index in [0.29, 0.717) is 42.9 Å². The summed E-state index contributed by atoms with van der Waals surface area (Å²) in [5.74, 6) is -0.374. The quantitative estimate of drug-likeness (QED) is 0.780. The van der Waals surface area contributed by atoms with Gasteiger partial charge >= 0.3 is 5.97 Å². The third-order valence-electron chi connectivity index (χ3n) is 5.48. The summed E-state index contributed by atoms with van der Waals surface area (Å²) in [6.45, 7) is 3.25. The van der Waals surface area contributed by atoms with E-state index in [-0.39, 0.29) is 23.7 Å². The lowest BCUT2D eigenvalue weighted by molar-refractivity contribution is -0.134. The number of nitrogens with zero attached hydrogens (tertiary/aromatic N) is 1. The molecule has 0 saturated carbocycles. The fourth-order valence-electron chi connectivity index (χ4n) is 3.95. The fraction of sp³-hybridized carbons (Fsp3) is 0.650. The summed E-state index contributed by atoms with van der Waals surface area (Å²) in [6, 6.07) is 0. The van der Waals surface area contributed by atoms with Gasteiger partial charge in [0.05, 0.1) is 12.7 Å². The predicted octanol–water partition coefficient (Wildman–Crippen LogP) is 3.39. The molecule has 1 aliphatic carbocycles. The minimum Gasteiger partial charge on any atom is -0.465 e. The molecule has 0 bridgehead atoms. The number of hydrogen-bond acceptors (Lipinski definition) is 5. The number of anilines is 1. The second-order valence-electron chi connectivity index (χ2n) is 7.30. The summed E-state index contributed by atoms with van der Waals surface area (Å²) < 4.78 is 4.96. The summed E-state index contributed by atoms with van der Waals surface area (Å²) in [5, 5.41) is 3.63. The highest BCUT2D eigenvalue weighted by Gasteiger charge is 2.30. The minimum absolute atomic E-state index is 0.0543. The van der Waals surface area contributed by atoms with Crippen molar-refractivity contribution in [1.29, 1.82) is 0 Å². The van der Waals surface area contributed by atoms with E-state index in [2.05, 4.69) is 5.32 Å². The van der Waals surface area contributed by atoms with Gasteiger partial charge in [-0.1, -0.05) is 6.92 Å². The Morgan fingerprint density at radius 2 is 1.89 bits per heavy atom. The zero-order valence-electron chi connectivity index (χ0n) is 16.1. The van der Waals surface area contributed by atoms with E-state index in [4.69, 9.17) is 4.74 Å². The molecule has 148 valence electrons. The van der Waals surface area contributed by atoms with Crippen LogP contribution in [0.15, 0.2) is 0 Å². The van der Waals surface area contributed by atoms with Crippen LogP contribution in [0.3, 0.4) is 0 Å². The van der Waals surface area contributed by atoms with Crippen molar-refractivity contribution in [3.05, 3.63) is 16.0 Å². The third-order valence-corrected chi connectivity index (χ3v) is 6.69. The van der Waals surface area contributed by atoms with Gasteiger partial charge in [-0.05, 0) is 50.5 Å². The SMILES string of the molecule is CCCC(=O)N1CCC(C(=O)Nc2sc3c(c2C(=O)OC)CCCC3)CC1. The normalized spacial score (nSPS) is 17.3. The van der Waals surface area contributed by atoms with Crippen molar-refractivity contribution in [1.82, 2.24) is 4.90 Å². The zero-order chi connectivity index (χ0) is 19.4. The number of rotatable bonds is 5. The molecule has 0 radical (unpaired) electrons. The lowest BCUT2D eigenvalue weighted by atomic mass is 9.94. The van der Waals surface area contributed by atoms with Gasteiger partial charge in [0.15, 0.2) is 0 Å². The van der Waals surface area contributed by atoms with Gasteiger partial charge in [-0.2, -0.15) is 0 Å². The van der Waals surface area contributed by atoms with Gasteiger partial charge in [-0.25, -0.2) is 4.79 Å². The van der Waals surface area contributed by atoms with Crippen LogP contribution in [-0.4, -0.2) is 42.9 Å². The number of thiophene rings is 1. The monoisotopic (exact) mass is 392 g/mol. The molecule has 0 aromatic carbocycles. The third kappa shape index (κ3) is 4.34. The van der Waals surface area contributed by atoms with E-state index in [1.807, 2.05) is 11.8 Å². The Hall–Kier alpha value is -1.89. The summed E-state index contributed by atoms with van der Waals surface area (Å²) in [6.07, 6.45) is 6.75. The van der Waals surface area contributed by atoms with Gasteiger partial charge in [-0.3, -0.25) is 9.59 Å². The zero-order valence-corrected chi connectivity index (χ0v) is 17.0. The smallest absolute Gasteiger partial charge is 0.341 e. The van der Waals surface area contributed by atoms with E-state index >= 15 is 0 Å². The van der Waals surface area contributed by atoms with Crippen molar-refractivity contribution in [3.8, 4) is 0 Å². The standard InChI is InChI=1S/C20H28N2O4S/c1-3-6-16(23)22-11-9-13(10-12-22)18(24)21-19-17(20(25)26-2)14-7-4-5-8-15(14)27-19/h13H,3-12H2,1-2H3,(H,21,24). The number of aryl methyl sites for hydroxylation is 1. The number of methoxy groups -OCH3 is 1. The number of nitrogens with one attached hydrogen (secondary N) is 1. The Bertz CT molecular complexity index is 720. The van der Waals surface area contributed by atoms with Gasteiger partial charge in [0, 0.05) is 30.3 Å². The fourth-order valence-corrected chi connectivity index (χ4v) is 5.23. The predicted molar refractivity (Wildman–Crippen MR) is 105 cm³/mol. The maximum Gasteiger partial charge on any atom is 0.341 e. The lowest BCUT2D eigenvalue weighted by Crippen LogP contribution is -2.41. The van der Waals surface area contributed by atoms with E-state index < -0.39 is 0 Å². The Labute approximate surface area is 164 Å². The van der Waals surface area contributed by atoms with Crippen LogP contribution >= 0.6 is 11.3 Å². The summed E-state index contributed by atoms with van der Waals surface area (Å²) in [7, 11) is 1.38. The molecule has 1 aromatic rings. The van der Waals surface area contributed by atoms with Gasteiger partial charge in [0.2, 0.25) is 11.8 Å². The molecule has 0 unspecified atom stereocenters. The van der Waals surface area contributed by atoms with Crippen LogP contribution in [0.4, 0.5) is 5.00 Å². The Kier molecular flexibility index (Phi) is 6.52. The first-order valence-corrected chi connectivity index (χ1v) is 10.7. The number of hydrogen-bond donors (Lipinski definition) is 1. The van der Waals surface area contributed by atoms with Crippen molar-refractivity contribution < 1.29 is 19.1 Å². The molecule has 3 rings (SSSR count). The molecule has 1 aromatic heterocycles. The van der Waals surface area contributed by atoms with Gasteiger partial charge in [0.1, 0.15) is 5.00 Å². The Balaban J connectivity index is 1.67. The van der Waals surface area contributed by atoms with Gasteiger partial charge in [0.25, 0.3) is 0 Å². The number of amides is 2. The number of piperidine rings is 1. The number of ether oxygens (including phenoxy) is 1. The number of likely N-dealkylation sites (tertiary alicyclic amines) is 1. The van der Waals surface area contributed by atoms with Crippen molar-refractivity contribution >= 4 is 34.1 Å². The van der Waals surface area contributed by atoms with E-state index in [0.717, 1.165) is 37.7 Å². The molecule has 2 aliphatic rings. The molecular weight excluding hydrogens is 364 g/mol. The summed E-state index contributed by atoms with van der Waals surface area (Å²) in [4.78, 5) is 40.1. The highest BCUT2D eigenvalue weighted by Crippen LogP contribution is 2.39. The molecular formula is C20H28N2O4S. The van der Waals surface area contributed by atoms with Crippen molar-refractivity contribution in [2.75, 3.05) is 25.5 Å². The molecule has 1 fully saturated rings. The maximum atomic E-state index is 12.8. The number of carbonyl (C=O) groups is 3. The first-order chi connectivity index (χ1) is 13.0. The van der Waals surface area contributed by atoms with Crippen LogP contribution in [0.1, 0.15) is 66.2 Å². The molecule has 1 N–H and O–H groups in total. The topological polar surface area (TPSA) is 75.7 Å². The molecule has 1 aliphatic heterocycles. The number of carbonyl (C=O) groups excluding carboxylic acids is 3. The summed E-state index contributed by atoms with van der Waals surface area (Å²) in [5.41, 5.74) is 1.59. The van der Waals surface area contributed by atoms with Crippen LogP contribution in [0, 0.1) is 5.92 Å². The lowest BCUT2D eigenvalue weighted by Gasteiger charge is -2.31. The van der Waals surface area contributed by atoms with Crippen molar-refractivity contribution in [2.24, 2.45) is 5.92 Å². The molecule has 0 spiro atoms. The Morgan fingerprint density at radius 3 is 2.56 bits per heavy atom. The second-order valence-corrected chi connectivity index (χ2v) is 8.41. The Morgan fingerprint density at radius 1 is 1.19 bits per heavy atom. The van der Waals surface area contributed by atoms with Crippen LogP contribution in [0.25, 0.3) is 0 Å². The minimum atomic E-state index is -0.371. The molecule has 2 heterocycles. The van der Waals surface area contributed by atoms with Gasteiger partial charge < -0.3 is 15.0 Å². The highest BCUT2D eigenvalue weighted by atomic mass is 32.1. The highest BCUT2D eigenvalue weighted by molar-refractivity contribution is 7.17. The van der Waals surface area contributed by atoms with Crippen LogP contribution < -0.4 is 5.32 Å². The van der Waals surface area contributed by atoms with E-state index in [1.54, 1.807) is 0 Å². The first-order valence-electron chi connectivity index (χ1n) is 9.86. The van der Waals surface area contributed by atoms with Crippen LogP contribution in [0.2, 0.25) is 0 Å². The largest absolute Gasteiger partial charge is 0.465 e. The molecule has 2 amide bonds. The maximum absolute atomic E-state index is 12.8. The van der Waals surface area contributed by atoms with Crippen LogP contribution in [0.5, 0.6) is 0 Å². The average molecular weight is 393 g/mol. The number of esters is 1. The second kappa shape index (κ2) is 8.87. The molecule has 0 atom stereocenters. The van der Waals surface area contributed by atoms with Crippen molar-refractivity contribution in [3.63, 3.8) is 0 Å². The van der Waals surface area contributed by atoms with Crippen LogP contribution in [-0.2, 0) is 27.2 Å². The van der Waals surface area contributed by atoms with E-state index in [9.17, 15) is 14.4 Å². The molecule has 7 heteroatoms. The van der Waals surface area contributed by atoms with Crippen molar-refractivity contribution in [2.45, 2.75) is 58.3 Å². The number of fused-ring (bicyclic) bond motifs is 1. The summed E-state index contributed by atoms with van der Waals surface area (Å²) >= 11 is 1.51. The average Bonchev–Trinajstić information content (AvgIpc) is 3.05. The van der Waals surface area contributed by atoms with Gasteiger partial charge in [-0.15, -0.1) is 11.3 Å². The first kappa shape index (κ1) is 19.9.